The minimum Gasteiger partial charge on any atom is -0.395 e. The first-order chi connectivity index (χ1) is 10.1. The molecule has 0 aliphatic rings. The molecule has 7 heteroatoms. The number of aliphatic hydroxyl groups is 1. The van der Waals surface area contributed by atoms with Crippen molar-refractivity contribution in [3.05, 3.63) is 40.1 Å². The van der Waals surface area contributed by atoms with E-state index in [1.807, 2.05) is 6.92 Å². The van der Waals surface area contributed by atoms with Gasteiger partial charge in [0.05, 0.1) is 18.0 Å². The van der Waals surface area contributed by atoms with E-state index in [1.54, 1.807) is 17.2 Å². The zero-order valence-electron chi connectivity index (χ0n) is 11.7. The Kier molecular flexibility index (Phi) is 4.54. The normalized spacial score (nSPS) is 10.8. The number of nitrogens with one attached hydrogen (secondary N) is 1. The summed E-state index contributed by atoms with van der Waals surface area (Å²) in [5.41, 5.74) is 1.47. The van der Waals surface area contributed by atoms with E-state index in [4.69, 9.17) is 5.11 Å². The van der Waals surface area contributed by atoms with E-state index in [9.17, 15) is 14.9 Å². The van der Waals surface area contributed by atoms with Gasteiger partial charge in [-0.3, -0.25) is 14.9 Å². The molecule has 1 aromatic heterocycles. The van der Waals surface area contributed by atoms with Crippen LogP contribution >= 0.6 is 0 Å². The second kappa shape index (κ2) is 6.36. The molecular weight excluding hydrogens is 274 g/mol. The zero-order chi connectivity index (χ0) is 15.4. The van der Waals surface area contributed by atoms with Gasteiger partial charge in [-0.25, -0.2) is 0 Å². The number of fused-ring (bicyclic) bond motifs is 1. The van der Waals surface area contributed by atoms with Gasteiger partial charge in [0.1, 0.15) is 0 Å². The molecule has 0 bridgehead atoms. The van der Waals surface area contributed by atoms with Crippen LogP contribution in [0, 0.1) is 10.1 Å². The van der Waals surface area contributed by atoms with Gasteiger partial charge in [0.15, 0.2) is 0 Å². The fourth-order valence-corrected chi connectivity index (χ4v) is 2.28. The molecule has 7 nitrogen and oxygen atoms in total. The number of nitro groups is 1. The van der Waals surface area contributed by atoms with Crippen molar-refractivity contribution in [2.45, 2.75) is 13.3 Å². The van der Waals surface area contributed by atoms with E-state index in [0.717, 1.165) is 11.1 Å². The number of nitrogens with zero attached hydrogens (tertiary/aromatic N) is 2. The van der Waals surface area contributed by atoms with Crippen LogP contribution in [0.3, 0.4) is 0 Å². The highest BCUT2D eigenvalue weighted by Crippen LogP contribution is 2.24. The number of rotatable bonds is 6. The number of non-ortho nitro benzene ring substituents is 1. The van der Waals surface area contributed by atoms with Crippen molar-refractivity contribution >= 4 is 22.5 Å². The predicted octanol–water partition coefficient (Wildman–Crippen LogP) is 1.46. The quantitative estimate of drug-likeness (QED) is 0.621. The summed E-state index contributed by atoms with van der Waals surface area (Å²) in [6, 6.07) is 4.53. The highest BCUT2D eigenvalue weighted by Gasteiger charge is 2.16. The van der Waals surface area contributed by atoms with Gasteiger partial charge < -0.3 is 15.0 Å². The molecule has 0 aliphatic carbocycles. The van der Waals surface area contributed by atoms with Crippen LogP contribution in [-0.4, -0.2) is 45.5 Å². The van der Waals surface area contributed by atoms with Crippen LogP contribution in [0.2, 0.25) is 0 Å². The van der Waals surface area contributed by atoms with E-state index in [0.29, 0.717) is 11.9 Å². The maximum absolute atomic E-state index is 12.2. The first-order valence-corrected chi connectivity index (χ1v) is 6.69. The Labute approximate surface area is 121 Å². The van der Waals surface area contributed by atoms with Crippen molar-refractivity contribution in [2.24, 2.45) is 0 Å². The van der Waals surface area contributed by atoms with Gasteiger partial charge in [-0.15, -0.1) is 0 Å². The van der Waals surface area contributed by atoms with Crippen molar-refractivity contribution in [1.29, 1.82) is 0 Å². The van der Waals surface area contributed by atoms with Crippen molar-refractivity contribution in [2.75, 3.05) is 19.7 Å². The lowest BCUT2D eigenvalue weighted by atomic mass is 10.1. The van der Waals surface area contributed by atoms with Crippen LogP contribution in [0.25, 0.3) is 10.9 Å². The summed E-state index contributed by atoms with van der Waals surface area (Å²) in [4.78, 5) is 27.1. The van der Waals surface area contributed by atoms with E-state index in [2.05, 4.69) is 4.98 Å². The summed E-state index contributed by atoms with van der Waals surface area (Å²) in [6.45, 7) is 2.56. The molecule has 0 atom stereocenters. The third-order valence-corrected chi connectivity index (χ3v) is 3.41. The van der Waals surface area contributed by atoms with Crippen molar-refractivity contribution in [1.82, 2.24) is 9.88 Å². The van der Waals surface area contributed by atoms with Crippen LogP contribution in [0.1, 0.15) is 12.5 Å². The maximum atomic E-state index is 12.2. The standard InChI is InChI=1S/C14H17N3O4/c1-2-16(5-6-18)14(19)7-10-9-15-13-4-3-11(17(20)21)8-12(10)13/h3-4,8-9,15,18H,2,5-7H2,1H3. The second-order valence-corrected chi connectivity index (χ2v) is 4.67. The van der Waals surface area contributed by atoms with Crippen LogP contribution in [0.4, 0.5) is 5.69 Å². The number of carbonyl (C=O) groups excluding carboxylic acids is 1. The number of benzene rings is 1. The van der Waals surface area contributed by atoms with Crippen LogP contribution < -0.4 is 0 Å². The maximum Gasteiger partial charge on any atom is 0.270 e. The van der Waals surface area contributed by atoms with Gasteiger partial charge in [0, 0.05) is 42.3 Å². The van der Waals surface area contributed by atoms with E-state index in [1.165, 1.54) is 12.1 Å². The molecule has 2 N–H and O–H groups in total. The Morgan fingerprint density at radius 1 is 1.48 bits per heavy atom. The Bertz CT molecular complexity index is 665. The zero-order valence-corrected chi connectivity index (χ0v) is 11.7. The minimum atomic E-state index is -0.456. The number of aromatic amines is 1. The summed E-state index contributed by atoms with van der Waals surface area (Å²) in [6.07, 6.45) is 1.84. The molecule has 21 heavy (non-hydrogen) atoms. The van der Waals surface area contributed by atoms with E-state index in [-0.39, 0.29) is 31.2 Å². The predicted molar refractivity (Wildman–Crippen MR) is 78.0 cm³/mol. The number of amides is 1. The van der Waals surface area contributed by atoms with Gasteiger partial charge in [-0.2, -0.15) is 0 Å². The summed E-state index contributed by atoms with van der Waals surface area (Å²) in [5, 5.41) is 20.4. The van der Waals surface area contributed by atoms with Gasteiger partial charge in [0.2, 0.25) is 5.91 Å². The number of aromatic nitrogens is 1. The summed E-state index contributed by atoms with van der Waals surface area (Å²) in [5.74, 6) is -0.112. The minimum absolute atomic E-state index is 0.00138. The molecule has 112 valence electrons. The summed E-state index contributed by atoms with van der Waals surface area (Å²) in [7, 11) is 0. The third-order valence-electron chi connectivity index (χ3n) is 3.41. The van der Waals surface area contributed by atoms with Gasteiger partial charge in [-0.1, -0.05) is 0 Å². The van der Waals surface area contributed by atoms with Crippen molar-refractivity contribution in [3.8, 4) is 0 Å². The van der Waals surface area contributed by atoms with Crippen molar-refractivity contribution < 1.29 is 14.8 Å². The molecule has 2 aromatic rings. The molecule has 0 aliphatic heterocycles. The number of likely N-dealkylation sites (N-methyl/N-ethyl adjacent to an activating group) is 1. The summed E-state index contributed by atoms with van der Waals surface area (Å²) >= 11 is 0. The number of hydrogen-bond acceptors (Lipinski definition) is 4. The molecular formula is C14H17N3O4. The average Bonchev–Trinajstić information content (AvgIpc) is 2.86. The number of hydrogen-bond donors (Lipinski definition) is 2. The SMILES string of the molecule is CCN(CCO)C(=O)Cc1c[nH]c2ccc([N+](=O)[O-])cc12. The molecule has 2 rings (SSSR count). The van der Waals surface area contributed by atoms with E-state index >= 15 is 0 Å². The lowest BCUT2D eigenvalue weighted by Crippen LogP contribution is -2.34. The van der Waals surface area contributed by atoms with Gasteiger partial charge in [0.25, 0.3) is 5.69 Å². The highest BCUT2D eigenvalue weighted by atomic mass is 16.6. The molecule has 0 unspecified atom stereocenters. The van der Waals surface area contributed by atoms with Gasteiger partial charge in [-0.05, 0) is 18.6 Å². The molecule has 1 heterocycles. The number of aliphatic hydroxyl groups excluding tert-OH is 1. The van der Waals surface area contributed by atoms with Crippen molar-refractivity contribution in [3.63, 3.8) is 0 Å². The highest BCUT2D eigenvalue weighted by molar-refractivity contribution is 5.90. The molecule has 0 fully saturated rings. The summed E-state index contributed by atoms with van der Waals surface area (Å²) < 4.78 is 0. The topological polar surface area (TPSA) is 99.5 Å². The Balaban J connectivity index is 2.27. The Hall–Kier alpha value is -2.41. The fourth-order valence-electron chi connectivity index (χ4n) is 2.28. The monoisotopic (exact) mass is 291 g/mol. The smallest absolute Gasteiger partial charge is 0.270 e. The lowest BCUT2D eigenvalue weighted by Gasteiger charge is -2.19. The molecule has 1 aromatic carbocycles. The lowest BCUT2D eigenvalue weighted by molar-refractivity contribution is -0.384. The van der Waals surface area contributed by atoms with E-state index < -0.39 is 4.92 Å². The largest absolute Gasteiger partial charge is 0.395 e. The number of nitro benzene ring substituents is 1. The molecule has 1 amide bonds. The van der Waals surface area contributed by atoms with Crippen LogP contribution in [0.15, 0.2) is 24.4 Å². The molecule has 0 radical (unpaired) electrons. The first-order valence-electron chi connectivity index (χ1n) is 6.69. The molecule has 0 saturated heterocycles. The van der Waals surface area contributed by atoms with Crippen LogP contribution in [-0.2, 0) is 11.2 Å². The molecule has 0 saturated carbocycles. The van der Waals surface area contributed by atoms with Gasteiger partial charge >= 0.3 is 0 Å². The third kappa shape index (κ3) is 3.19. The number of H-pyrrole nitrogens is 1. The Morgan fingerprint density at radius 2 is 2.24 bits per heavy atom. The number of carbonyl (C=O) groups is 1. The first kappa shape index (κ1) is 15.0. The van der Waals surface area contributed by atoms with Crippen LogP contribution in [0.5, 0.6) is 0 Å². The molecule has 0 spiro atoms. The second-order valence-electron chi connectivity index (χ2n) is 4.67. The Morgan fingerprint density at radius 3 is 2.86 bits per heavy atom. The average molecular weight is 291 g/mol. The fraction of sp³-hybridized carbons (Fsp3) is 0.357.